The summed E-state index contributed by atoms with van der Waals surface area (Å²) >= 11 is 0. The predicted molar refractivity (Wildman–Crippen MR) is 112 cm³/mol. The SMILES string of the molecule is CN(C)C(=O)CN=C(NC1CCOCC1)N1CCC(C2CCOC2)C1.I. The molecule has 3 heterocycles. The first-order chi connectivity index (χ1) is 12.1. The topological polar surface area (TPSA) is 66.4 Å². The van der Waals surface area contributed by atoms with E-state index in [0.717, 1.165) is 58.3 Å². The van der Waals surface area contributed by atoms with Crippen LogP contribution in [0.1, 0.15) is 25.7 Å². The van der Waals surface area contributed by atoms with Crippen molar-refractivity contribution in [3.8, 4) is 0 Å². The van der Waals surface area contributed by atoms with E-state index in [1.54, 1.807) is 19.0 Å². The lowest BCUT2D eigenvalue weighted by Gasteiger charge is -2.29. The summed E-state index contributed by atoms with van der Waals surface area (Å²) in [5, 5.41) is 3.60. The molecule has 2 atom stereocenters. The molecule has 1 amide bonds. The Labute approximate surface area is 173 Å². The number of hydrogen-bond donors (Lipinski definition) is 1. The summed E-state index contributed by atoms with van der Waals surface area (Å²) in [4.78, 5) is 20.5. The number of aliphatic imine (C=N–C) groups is 1. The summed E-state index contributed by atoms with van der Waals surface area (Å²) in [7, 11) is 3.55. The fourth-order valence-electron chi connectivity index (χ4n) is 3.83. The monoisotopic (exact) mass is 480 g/mol. The van der Waals surface area contributed by atoms with Gasteiger partial charge in [0.25, 0.3) is 0 Å². The Hall–Kier alpha value is -0.610. The molecule has 0 saturated carbocycles. The van der Waals surface area contributed by atoms with E-state index in [4.69, 9.17) is 9.47 Å². The number of nitrogens with one attached hydrogen (secondary N) is 1. The van der Waals surface area contributed by atoms with Gasteiger partial charge in [-0.15, -0.1) is 24.0 Å². The first-order valence-electron chi connectivity index (χ1n) is 9.55. The van der Waals surface area contributed by atoms with E-state index >= 15 is 0 Å². The van der Waals surface area contributed by atoms with Crippen molar-refractivity contribution in [2.45, 2.75) is 31.7 Å². The zero-order chi connectivity index (χ0) is 17.6. The van der Waals surface area contributed by atoms with Gasteiger partial charge in [-0.3, -0.25) is 4.79 Å². The van der Waals surface area contributed by atoms with Gasteiger partial charge in [0.15, 0.2) is 5.96 Å². The highest BCUT2D eigenvalue weighted by atomic mass is 127. The molecule has 0 aromatic rings. The third-order valence-corrected chi connectivity index (χ3v) is 5.57. The zero-order valence-corrected chi connectivity index (χ0v) is 18.3. The van der Waals surface area contributed by atoms with Crippen molar-refractivity contribution in [3.05, 3.63) is 0 Å². The number of rotatable bonds is 4. The molecule has 7 nitrogen and oxygen atoms in total. The number of ether oxygens (including phenoxy) is 2. The van der Waals surface area contributed by atoms with Gasteiger partial charge in [-0.05, 0) is 37.5 Å². The molecule has 0 bridgehead atoms. The van der Waals surface area contributed by atoms with Crippen molar-refractivity contribution in [3.63, 3.8) is 0 Å². The van der Waals surface area contributed by atoms with Gasteiger partial charge in [-0.25, -0.2) is 4.99 Å². The van der Waals surface area contributed by atoms with Crippen LogP contribution in [0.25, 0.3) is 0 Å². The summed E-state index contributed by atoms with van der Waals surface area (Å²) in [6.07, 6.45) is 4.35. The van der Waals surface area contributed by atoms with E-state index in [9.17, 15) is 4.79 Å². The number of amides is 1. The van der Waals surface area contributed by atoms with Gasteiger partial charge >= 0.3 is 0 Å². The van der Waals surface area contributed by atoms with Gasteiger partial charge in [0.1, 0.15) is 6.54 Å². The molecule has 0 aliphatic carbocycles. The highest BCUT2D eigenvalue weighted by molar-refractivity contribution is 14.0. The molecule has 150 valence electrons. The van der Waals surface area contributed by atoms with Gasteiger partial charge < -0.3 is 24.6 Å². The fraction of sp³-hybridized carbons (Fsp3) is 0.889. The van der Waals surface area contributed by atoms with Crippen molar-refractivity contribution < 1.29 is 14.3 Å². The van der Waals surface area contributed by atoms with Crippen LogP contribution in [-0.4, -0.2) is 87.9 Å². The number of hydrogen-bond acceptors (Lipinski definition) is 4. The average Bonchev–Trinajstić information content (AvgIpc) is 3.30. The minimum absolute atomic E-state index is 0. The Kier molecular flexibility index (Phi) is 8.89. The fourth-order valence-corrected chi connectivity index (χ4v) is 3.83. The maximum absolute atomic E-state index is 12.0. The molecule has 3 rings (SSSR count). The summed E-state index contributed by atoms with van der Waals surface area (Å²) in [5.74, 6) is 2.28. The Morgan fingerprint density at radius 2 is 1.85 bits per heavy atom. The van der Waals surface area contributed by atoms with Gasteiger partial charge in [0.2, 0.25) is 5.91 Å². The Morgan fingerprint density at radius 1 is 1.12 bits per heavy atom. The third kappa shape index (κ3) is 5.95. The second-order valence-corrected chi connectivity index (χ2v) is 7.58. The van der Waals surface area contributed by atoms with Gasteiger partial charge in [0, 0.05) is 59.7 Å². The number of halogens is 1. The maximum atomic E-state index is 12.0. The van der Waals surface area contributed by atoms with E-state index in [0.29, 0.717) is 17.9 Å². The smallest absolute Gasteiger partial charge is 0.243 e. The van der Waals surface area contributed by atoms with E-state index in [2.05, 4.69) is 15.2 Å². The van der Waals surface area contributed by atoms with Crippen LogP contribution in [0, 0.1) is 11.8 Å². The molecule has 26 heavy (non-hydrogen) atoms. The molecule has 3 aliphatic rings. The highest BCUT2D eigenvalue weighted by Crippen LogP contribution is 2.30. The summed E-state index contributed by atoms with van der Waals surface area (Å²) in [6.45, 7) is 5.61. The molecule has 2 unspecified atom stereocenters. The lowest BCUT2D eigenvalue weighted by molar-refractivity contribution is -0.127. The van der Waals surface area contributed by atoms with Crippen LogP contribution < -0.4 is 5.32 Å². The number of carbonyl (C=O) groups excluding carboxylic acids is 1. The van der Waals surface area contributed by atoms with Gasteiger partial charge in [-0.2, -0.15) is 0 Å². The molecule has 8 heteroatoms. The Bertz CT molecular complexity index is 477. The molecular weight excluding hydrogens is 447 g/mol. The largest absolute Gasteiger partial charge is 0.381 e. The molecule has 0 radical (unpaired) electrons. The average molecular weight is 480 g/mol. The molecule has 3 saturated heterocycles. The number of guanidine groups is 1. The predicted octanol–water partition coefficient (Wildman–Crippen LogP) is 1.18. The zero-order valence-electron chi connectivity index (χ0n) is 16.0. The van der Waals surface area contributed by atoms with Crippen molar-refractivity contribution in [1.29, 1.82) is 0 Å². The highest BCUT2D eigenvalue weighted by Gasteiger charge is 2.33. The second-order valence-electron chi connectivity index (χ2n) is 7.58. The minimum atomic E-state index is 0. The van der Waals surface area contributed by atoms with Crippen LogP contribution in [0.3, 0.4) is 0 Å². The summed E-state index contributed by atoms with van der Waals surface area (Å²) in [5.41, 5.74) is 0. The third-order valence-electron chi connectivity index (χ3n) is 5.57. The first-order valence-corrected chi connectivity index (χ1v) is 9.55. The summed E-state index contributed by atoms with van der Waals surface area (Å²) < 4.78 is 11.0. The molecule has 3 fully saturated rings. The van der Waals surface area contributed by atoms with E-state index < -0.39 is 0 Å². The van der Waals surface area contributed by atoms with Crippen LogP contribution in [0.2, 0.25) is 0 Å². The second kappa shape index (κ2) is 10.7. The molecule has 0 spiro atoms. The Balaban J connectivity index is 0.00000243. The van der Waals surface area contributed by atoms with Crippen LogP contribution >= 0.6 is 24.0 Å². The normalized spacial score (nSPS) is 27.3. The minimum Gasteiger partial charge on any atom is -0.381 e. The van der Waals surface area contributed by atoms with Crippen molar-refractivity contribution in [1.82, 2.24) is 15.1 Å². The number of carbonyl (C=O) groups is 1. The van der Waals surface area contributed by atoms with E-state index in [1.165, 1.54) is 12.8 Å². The Morgan fingerprint density at radius 3 is 2.50 bits per heavy atom. The quantitative estimate of drug-likeness (QED) is 0.372. The van der Waals surface area contributed by atoms with Crippen molar-refractivity contribution >= 4 is 35.8 Å². The lowest BCUT2D eigenvalue weighted by Crippen LogP contribution is -2.47. The molecular formula is C18H33IN4O3. The number of nitrogens with zero attached hydrogens (tertiary/aromatic N) is 3. The van der Waals surface area contributed by atoms with Gasteiger partial charge in [0.05, 0.1) is 0 Å². The number of likely N-dealkylation sites (tertiary alicyclic amines) is 1. The molecule has 0 aromatic heterocycles. The van der Waals surface area contributed by atoms with E-state index in [1.807, 2.05) is 0 Å². The lowest BCUT2D eigenvalue weighted by atomic mass is 9.91. The van der Waals surface area contributed by atoms with Gasteiger partial charge in [-0.1, -0.05) is 0 Å². The van der Waals surface area contributed by atoms with E-state index in [-0.39, 0.29) is 36.4 Å². The maximum Gasteiger partial charge on any atom is 0.243 e. The molecule has 3 aliphatic heterocycles. The summed E-state index contributed by atoms with van der Waals surface area (Å²) in [6, 6.07) is 0.385. The molecule has 1 N–H and O–H groups in total. The van der Waals surface area contributed by atoms with Crippen molar-refractivity contribution in [2.24, 2.45) is 16.8 Å². The molecule has 0 aromatic carbocycles. The van der Waals surface area contributed by atoms with Crippen LogP contribution in [0.15, 0.2) is 4.99 Å². The first kappa shape index (κ1) is 21.7. The van der Waals surface area contributed by atoms with Crippen LogP contribution in [0.5, 0.6) is 0 Å². The van der Waals surface area contributed by atoms with Crippen LogP contribution in [0.4, 0.5) is 0 Å². The van der Waals surface area contributed by atoms with Crippen LogP contribution in [-0.2, 0) is 14.3 Å². The number of likely N-dealkylation sites (N-methyl/N-ethyl adjacent to an activating group) is 1. The van der Waals surface area contributed by atoms with Crippen molar-refractivity contribution in [2.75, 3.05) is 60.2 Å². The standard InChI is InChI=1S/C18H32N4O3.HI/c1-21(2)17(23)11-19-18(20-16-5-9-24-10-6-16)22-7-3-14(12-22)15-4-8-25-13-15;/h14-16H,3-13H2,1-2H3,(H,19,20);1H.